The molecule has 106 valence electrons. The third-order valence-electron chi connectivity index (χ3n) is 3.68. The lowest BCUT2D eigenvalue weighted by Gasteiger charge is -2.22. The molecule has 0 bridgehead atoms. The molecule has 1 fully saturated rings. The van der Waals surface area contributed by atoms with Gasteiger partial charge in [0.1, 0.15) is 5.69 Å². The van der Waals surface area contributed by atoms with Gasteiger partial charge >= 0.3 is 0 Å². The molecular weight excluding hydrogens is 240 g/mol. The maximum absolute atomic E-state index is 12.2. The fourth-order valence-electron chi connectivity index (χ4n) is 2.49. The number of piperidine rings is 1. The van der Waals surface area contributed by atoms with Crippen LogP contribution in [0, 0.1) is 5.92 Å². The van der Waals surface area contributed by atoms with Crippen LogP contribution in [-0.4, -0.2) is 35.3 Å². The molecule has 2 heterocycles. The van der Waals surface area contributed by atoms with Crippen LogP contribution >= 0.6 is 0 Å². The molecule has 1 saturated heterocycles. The minimum Gasteiger partial charge on any atom is -0.350 e. The Morgan fingerprint density at radius 1 is 1.58 bits per heavy atom. The van der Waals surface area contributed by atoms with Crippen LogP contribution in [0.15, 0.2) is 6.07 Å². The smallest absolute Gasteiger partial charge is 0.269 e. The third kappa shape index (κ3) is 3.56. The summed E-state index contributed by atoms with van der Waals surface area (Å²) in [4.78, 5) is 12.2. The molecule has 0 radical (unpaired) electrons. The normalized spacial score (nSPS) is 19.4. The van der Waals surface area contributed by atoms with Crippen LogP contribution < -0.4 is 10.6 Å². The molecule has 1 aromatic heterocycles. The van der Waals surface area contributed by atoms with Gasteiger partial charge in [0.15, 0.2) is 0 Å². The molecule has 19 heavy (non-hydrogen) atoms. The first kappa shape index (κ1) is 14.1. The van der Waals surface area contributed by atoms with E-state index in [-0.39, 0.29) is 5.91 Å². The summed E-state index contributed by atoms with van der Waals surface area (Å²) in [5.41, 5.74) is 1.66. The highest BCUT2D eigenvalue weighted by atomic mass is 16.2. The van der Waals surface area contributed by atoms with Gasteiger partial charge in [-0.1, -0.05) is 6.92 Å². The van der Waals surface area contributed by atoms with Gasteiger partial charge in [-0.3, -0.25) is 9.48 Å². The highest BCUT2D eigenvalue weighted by Gasteiger charge is 2.17. The Labute approximate surface area is 114 Å². The van der Waals surface area contributed by atoms with Gasteiger partial charge in [0.2, 0.25) is 0 Å². The predicted molar refractivity (Wildman–Crippen MR) is 75.2 cm³/mol. The topological polar surface area (TPSA) is 59.0 Å². The van der Waals surface area contributed by atoms with E-state index in [4.69, 9.17) is 0 Å². The molecule has 1 aliphatic rings. The van der Waals surface area contributed by atoms with Crippen molar-refractivity contribution >= 4 is 5.91 Å². The Hall–Kier alpha value is -1.36. The Kier molecular flexibility index (Phi) is 4.96. The number of carbonyl (C=O) groups excluding carboxylic acids is 1. The minimum atomic E-state index is -0.000349. The first-order valence-corrected chi connectivity index (χ1v) is 7.30. The predicted octanol–water partition coefficient (Wildman–Crippen LogP) is 1.19. The Morgan fingerprint density at radius 3 is 3.05 bits per heavy atom. The summed E-state index contributed by atoms with van der Waals surface area (Å²) in [5, 5.41) is 10.8. The molecule has 5 heteroatoms. The second kappa shape index (κ2) is 6.70. The molecule has 1 unspecified atom stereocenters. The van der Waals surface area contributed by atoms with Crippen molar-refractivity contribution in [2.75, 3.05) is 19.6 Å². The highest BCUT2D eigenvalue weighted by Crippen LogP contribution is 2.10. The van der Waals surface area contributed by atoms with Gasteiger partial charge in [-0.25, -0.2) is 0 Å². The van der Waals surface area contributed by atoms with Crippen LogP contribution in [-0.2, 0) is 13.0 Å². The van der Waals surface area contributed by atoms with E-state index >= 15 is 0 Å². The summed E-state index contributed by atoms with van der Waals surface area (Å²) in [6.45, 7) is 7.66. The molecule has 0 aliphatic carbocycles. The Morgan fingerprint density at radius 2 is 2.42 bits per heavy atom. The molecule has 0 spiro atoms. The van der Waals surface area contributed by atoms with Crippen LogP contribution in [0.3, 0.4) is 0 Å². The summed E-state index contributed by atoms with van der Waals surface area (Å²) in [6, 6.07) is 1.90. The van der Waals surface area contributed by atoms with E-state index in [2.05, 4.69) is 22.7 Å². The van der Waals surface area contributed by atoms with Crippen LogP contribution in [0.5, 0.6) is 0 Å². The maximum atomic E-state index is 12.2. The first-order valence-electron chi connectivity index (χ1n) is 7.30. The fraction of sp³-hybridized carbons (Fsp3) is 0.714. The van der Waals surface area contributed by atoms with Gasteiger partial charge in [-0.05, 0) is 51.3 Å². The molecular formula is C14H24N4O. The number of hydrogen-bond donors (Lipinski definition) is 2. The average molecular weight is 264 g/mol. The number of amides is 1. The molecule has 1 amide bonds. The zero-order valence-corrected chi connectivity index (χ0v) is 11.9. The van der Waals surface area contributed by atoms with Crippen molar-refractivity contribution in [2.45, 2.75) is 39.7 Å². The van der Waals surface area contributed by atoms with E-state index in [1.807, 2.05) is 13.0 Å². The van der Waals surface area contributed by atoms with Crippen molar-refractivity contribution < 1.29 is 4.79 Å². The highest BCUT2D eigenvalue weighted by molar-refractivity contribution is 5.92. The molecule has 0 aromatic carbocycles. The number of rotatable bonds is 5. The van der Waals surface area contributed by atoms with Crippen molar-refractivity contribution in [2.24, 2.45) is 5.92 Å². The quantitative estimate of drug-likeness (QED) is 0.840. The number of nitrogens with zero attached hydrogens (tertiary/aromatic N) is 2. The number of carbonyl (C=O) groups is 1. The van der Waals surface area contributed by atoms with Gasteiger partial charge < -0.3 is 10.6 Å². The minimum absolute atomic E-state index is 0.000349. The van der Waals surface area contributed by atoms with Crippen LogP contribution in [0.1, 0.15) is 42.9 Å². The number of nitrogens with one attached hydrogen (secondary N) is 2. The second-order valence-electron chi connectivity index (χ2n) is 5.11. The molecule has 2 rings (SSSR count). The summed E-state index contributed by atoms with van der Waals surface area (Å²) >= 11 is 0. The summed E-state index contributed by atoms with van der Waals surface area (Å²) in [5.74, 6) is 0.556. The van der Waals surface area contributed by atoms with Crippen LogP contribution in [0.2, 0.25) is 0 Å². The van der Waals surface area contributed by atoms with Gasteiger partial charge in [-0.2, -0.15) is 5.10 Å². The lowest BCUT2D eigenvalue weighted by atomic mass is 10.00. The number of aryl methyl sites for hydroxylation is 2. The van der Waals surface area contributed by atoms with Gasteiger partial charge in [0, 0.05) is 13.1 Å². The molecule has 0 saturated carbocycles. The zero-order valence-electron chi connectivity index (χ0n) is 11.9. The van der Waals surface area contributed by atoms with E-state index in [9.17, 15) is 4.79 Å². The summed E-state index contributed by atoms with van der Waals surface area (Å²) in [7, 11) is 0. The fourth-order valence-corrected chi connectivity index (χ4v) is 2.49. The first-order chi connectivity index (χ1) is 9.24. The summed E-state index contributed by atoms with van der Waals surface area (Å²) in [6.07, 6.45) is 3.26. The second-order valence-corrected chi connectivity index (χ2v) is 5.11. The van der Waals surface area contributed by atoms with Crippen molar-refractivity contribution in [3.63, 3.8) is 0 Å². The Bertz CT molecular complexity index is 421. The Balaban J connectivity index is 1.93. The van der Waals surface area contributed by atoms with Crippen LogP contribution in [0.25, 0.3) is 0 Å². The third-order valence-corrected chi connectivity index (χ3v) is 3.68. The molecule has 1 aromatic rings. The van der Waals surface area contributed by atoms with E-state index < -0.39 is 0 Å². The van der Waals surface area contributed by atoms with Crippen molar-refractivity contribution in [3.05, 3.63) is 17.5 Å². The number of aromatic nitrogens is 2. The monoisotopic (exact) mass is 264 g/mol. The van der Waals surface area contributed by atoms with Crippen LogP contribution in [0.4, 0.5) is 0 Å². The van der Waals surface area contributed by atoms with E-state index in [0.29, 0.717) is 11.6 Å². The van der Waals surface area contributed by atoms with Gasteiger partial charge in [0.05, 0.1) is 5.69 Å². The van der Waals surface area contributed by atoms with Crippen molar-refractivity contribution in [1.82, 2.24) is 20.4 Å². The average Bonchev–Trinajstić information content (AvgIpc) is 2.89. The largest absolute Gasteiger partial charge is 0.350 e. The van der Waals surface area contributed by atoms with E-state index in [0.717, 1.165) is 38.3 Å². The van der Waals surface area contributed by atoms with E-state index in [1.165, 1.54) is 12.8 Å². The van der Waals surface area contributed by atoms with Crippen molar-refractivity contribution in [3.8, 4) is 0 Å². The van der Waals surface area contributed by atoms with E-state index in [1.54, 1.807) is 4.68 Å². The molecule has 1 atom stereocenters. The zero-order chi connectivity index (χ0) is 13.7. The van der Waals surface area contributed by atoms with Gasteiger partial charge in [0.25, 0.3) is 5.91 Å². The SMILES string of the molecule is CCc1cc(C(=O)NCC2CCCNC2)n(CC)n1. The summed E-state index contributed by atoms with van der Waals surface area (Å²) < 4.78 is 1.79. The van der Waals surface area contributed by atoms with Gasteiger partial charge in [-0.15, -0.1) is 0 Å². The molecule has 5 nitrogen and oxygen atoms in total. The maximum Gasteiger partial charge on any atom is 0.269 e. The molecule has 1 aliphatic heterocycles. The standard InChI is InChI=1S/C14H24N4O/c1-3-12-8-13(18(4-2)17-12)14(19)16-10-11-6-5-7-15-9-11/h8,11,15H,3-7,9-10H2,1-2H3,(H,16,19). The number of hydrogen-bond acceptors (Lipinski definition) is 3. The molecule has 2 N–H and O–H groups in total. The lowest BCUT2D eigenvalue weighted by Crippen LogP contribution is -2.38. The van der Waals surface area contributed by atoms with Crippen molar-refractivity contribution in [1.29, 1.82) is 0 Å². The lowest BCUT2D eigenvalue weighted by molar-refractivity contribution is 0.0934.